The van der Waals surface area contributed by atoms with Crippen molar-refractivity contribution in [3.8, 4) is 0 Å². The summed E-state index contributed by atoms with van der Waals surface area (Å²) in [6, 6.07) is 14.6. The number of ether oxygens (including phenoxy) is 1. The first kappa shape index (κ1) is 16.5. The second-order valence-corrected chi connectivity index (χ2v) is 7.89. The molecule has 1 atom stereocenters. The Hall–Kier alpha value is -1.40. The highest BCUT2D eigenvalue weighted by Crippen LogP contribution is 2.28. The number of nitrogens with zero attached hydrogens (tertiary/aromatic N) is 1. The summed E-state index contributed by atoms with van der Waals surface area (Å²) in [5, 5.41) is 0.419. The maximum Gasteiger partial charge on any atom is 0.243 e. The fourth-order valence-electron chi connectivity index (χ4n) is 2.70. The average Bonchev–Trinajstić information content (AvgIpc) is 2.58. The first-order valence-electron chi connectivity index (χ1n) is 7.41. The van der Waals surface area contributed by atoms with Crippen LogP contribution >= 0.6 is 11.6 Å². The second kappa shape index (κ2) is 6.61. The summed E-state index contributed by atoms with van der Waals surface area (Å²) in [4.78, 5) is 0.263. The molecule has 0 aliphatic carbocycles. The van der Waals surface area contributed by atoms with Gasteiger partial charge in [0, 0.05) is 18.1 Å². The number of rotatable bonds is 3. The van der Waals surface area contributed by atoms with E-state index in [-0.39, 0.29) is 11.0 Å². The van der Waals surface area contributed by atoms with Crippen molar-refractivity contribution >= 4 is 21.6 Å². The standard InChI is InChI=1S/C17H18ClNO3S/c1-13-7-8-15(18)11-17(13)23(20,21)19-9-10-22-16(12-19)14-5-3-2-4-6-14/h2-8,11,16H,9-10,12H2,1H3/t16-/m1/s1. The Morgan fingerprint density at radius 1 is 1.17 bits per heavy atom. The summed E-state index contributed by atoms with van der Waals surface area (Å²) < 4.78 is 33.1. The number of benzene rings is 2. The minimum absolute atomic E-state index is 0.251. The van der Waals surface area contributed by atoms with Crippen molar-refractivity contribution in [2.24, 2.45) is 0 Å². The third-order valence-corrected chi connectivity index (χ3v) is 6.21. The fraction of sp³-hybridized carbons (Fsp3) is 0.294. The molecule has 0 radical (unpaired) electrons. The monoisotopic (exact) mass is 351 g/mol. The highest BCUT2D eigenvalue weighted by molar-refractivity contribution is 7.89. The van der Waals surface area contributed by atoms with E-state index in [0.717, 1.165) is 5.56 Å². The van der Waals surface area contributed by atoms with E-state index in [9.17, 15) is 8.42 Å². The van der Waals surface area contributed by atoms with Gasteiger partial charge in [0.05, 0.1) is 17.6 Å². The molecule has 1 aliphatic heterocycles. The van der Waals surface area contributed by atoms with E-state index in [1.54, 1.807) is 19.1 Å². The van der Waals surface area contributed by atoms with Crippen LogP contribution in [0.15, 0.2) is 53.4 Å². The van der Waals surface area contributed by atoms with E-state index in [1.807, 2.05) is 30.3 Å². The van der Waals surface area contributed by atoms with Crippen LogP contribution in [-0.2, 0) is 14.8 Å². The molecular weight excluding hydrogens is 334 g/mol. The maximum atomic E-state index is 12.9. The summed E-state index contributed by atoms with van der Waals surface area (Å²) in [6.07, 6.45) is -0.251. The Labute approximate surface area is 141 Å². The van der Waals surface area contributed by atoms with E-state index < -0.39 is 10.0 Å². The van der Waals surface area contributed by atoms with Gasteiger partial charge in [-0.3, -0.25) is 0 Å². The van der Waals surface area contributed by atoms with E-state index in [0.29, 0.717) is 30.3 Å². The molecule has 0 N–H and O–H groups in total. The van der Waals surface area contributed by atoms with Gasteiger partial charge in [-0.05, 0) is 30.2 Å². The third kappa shape index (κ3) is 3.43. The molecule has 0 saturated carbocycles. The molecule has 0 bridgehead atoms. The van der Waals surface area contributed by atoms with Crippen molar-refractivity contribution in [1.82, 2.24) is 4.31 Å². The van der Waals surface area contributed by atoms with Crippen LogP contribution in [0.5, 0.6) is 0 Å². The van der Waals surface area contributed by atoms with Gasteiger partial charge in [-0.15, -0.1) is 0 Å². The van der Waals surface area contributed by atoms with Gasteiger partial charge in [-0.2, -0.15) is 4.31 Å². The molecule has 0 unspecified atom stereocenters. The summed E-state index contributed by atoms with van der Waals surface area (Å²) in [7, 11) is -3.59. The Morgan fingerprint density at radius 2 is 1.91 bits per heavy atom. The lowest BCUT2D eigenvalue weighted by molar-refractivity contribution is -0.00256. The van der Waals surface area contributed by atoms with Gasteiger partial charge in [-0.25, -0.2) is 8.42 Å². The smallest absolute Gasteiger partial charge is 0.243 e. The van der Waals surface area contributed by atoms with Crippen LogP contribution in [0.1, 0.15) is 17.2 Å². The fourth-order valence-corrected chi connectivity index (χ4v) is 4.62. The van der Waals surface area contributed by atoms with Gasteiger partial charge in [0.15, 0.2) is 0 Å². The van der Waals surface area contributed by atoms with Crippen LogP contribution in [0.2, 0.25) is 5.02 Å². The molecule has 4 nitrogen and oxygen atoms in total. The molecule has 2 aromatic carbocycles. The van der Waals surface area contributed by atoms with E-state index >= 15 is 0 Å². The van der Waals surface area contributed by atoms with Crippen molar-refractivity contribution in [3.63, 3.8) is 0 Å². The van der Waals surface area contributed by atoms with Gasteiger partial charge in [0.1, 0.15) is 0 Å². The van der Waals surface area contributed by atoms with E-state index in [2.05, 4.69) is 0 Å². The molecule has 2 aromatic rings. The first-order valence-corrected chi connectivity index (χ1v) is 9.23. The number of hydrogen-bond acceptors (Lipinski definition) is 3. The first-order chi connectivity index (χ1) is 11.0. The number of halogens is 1. The molecule has 23 heavy (non-hydrogen) atoms. The summed E-state index contributed by atoms with van der Waals surface area (Å²) >= 11 is 5.98. The molecule has 0 aromatic heterocycles. The molecular formula is C17H18ClNO3S. The van der Waals surface area contributed by atoms with Crippen LogP contribution in [0, 0.1) is 6.92 Å². The lowest BCUT2D eigenvalue weighted by atomic mass is 10.1. The van der Waals surface area contributed by atoms with Gasteiger partial charge in [0.25, 0.3) is 0 Å². The minimum Gasteiger partial charge on any atom is -0.371 e. The highest BCUT2D eigenvalue weighted by Gasteiger charge is 2.32. The second-order valence-electron chi connectivity index (χ2n) is 5.54. The molecule has 122 valence electrons. The van der Waals surface area contributed by atoms with Crippen molar-refractivity contribution < 1.29 is 13.2 Å². The number of sulfonamides is 1. The molecule has 0 spiro atoms. The lowest BCUT2D eigenvalue weighted by Gasteiger charge is -2.32. The Kier molecular flexibility index (Phi) is 4.73. The molecule has 6 heteroatoms. The number of aryl methyl sites for hydroxylation is 1. The van der Waals surface area contributed by atoms with Crippen molar-refractivity contribution in [3.05, 3.63) is 64.7 Å². The summed E-state index contributed by atoms with van der Waals surface area (Å²) in [6.45, 7) is 2.80. The van der Waals surface area contributed by atoms with Crippen LogP contribution < -0.4 is 0 Å². The van der Waals surface area contributed by atoms with Crippen LogP contribution in [0.4, 0.5) is 0 Å². The zero-order valence-electron chi connectivity index (χ0n) is 12.8. The largest absolute Gasteiger partial charge is 0.371 e. The Bertz CT molecular complexity index is 793. The zero-order valence-corrected chi connectivity index (χ0v) is 14.3. The average molecular weight is 352 g/mol. The van der Waals surface area contributed by atoms with Crippen molar-refractivity contribution in [2.75, 3.05) is 19.7 Å². The zero-order chi connectivity index (χ0) is 16.4. The molecule has 1 aliphatic rings. The lowest BCUT2D eigenvalue weighted by Crippen LogP contribution is -2.42. The van der Waals surface area contributed by atoms with Gasteiger partial charge in [0.2, 0.25) is 10.0 Å². The SMILES string of the molecule is Cc1ccc(Cl)cc1S(=O)(=O)N1CCO[C@@H](c2ccccc2)C1. The minimum atomic E-state index is -3.59. The van der Waals surface area contributed by atoms with Gasteiger partial charge >= 0.3 is 0 Å². The summed E-state index contributed by atoms with van der Waals surface area (Å²) in [5.74, 6) is 0. The molecule has 3 rings (SSSR count). The van der Waals surface area contributed by atoms with Crippen LogP contribution in [0.3, 0.4) is 0 Å². The Morgan fingerprint density at radius 3 is 2.65 bits per heavy atom. The van der Waals surface area contributed by atoms with Crippen LogP contribution in [0.25, 0.3) is 0 Å². The predicted molar refractivity (Wildman–Crippen MR) is 90.1 cm³/mol. The van der Waals surface area contributed by atoms with Crippen LogP contribution in [-0.4, -0.2) is 32.4 Å². The predicted octanol–water partition coefficient (Wildman–Crippen LogP) is 3.41. The topological polar surface area (TPSA) is 46.6 Å². The van der Waals surface area contributed by atoms with Crippen molar-refractivity contribution in [1.29, 1.82) is 0 Å². The quantitative estimate of drug-likeness (QED) is 0.851. The molecule has 1 fully saturated rings. The molecule has 0 amide bonds. The highest BCUT2D eigenvalue weighted by atomic mass is 35.5. The molecule has 1 saturated heterocycles. The number of morpholine rings is 1. The normalized spacial score (nSPS) is 19.7. The summed E-state index contributed by atoms with van der Waals surface area (Å²) in [5.41, 5.74) is 1.67. The Balaban J connectivity index is 1.90. The molecule has 1 heterocycles. The maximum absolute atomic E-state index is 12.9. The van der Waals surface area contributed by atoms with E-state index in [4.69, 9.17) is 16.3 Å². The number of hydrogen-bond donors (Lipinski definition) is 0. The van der Waals surface area contributed by atoms with Crippen molar-refractivity contribution in [2.45, 2.75) is 17.9 Å². The van der Waals surface area contributed by atoms with E-state index in [1.165, 1.54) is 10.4 Å². The van der Waals surface area contributed by atoms with Gasteiger partial charge < -0.3 is 4.74 Å². The van der Waals surface area contributed by atoms with Gasteiger partial charge in [-0.1, -0.05) is 48.0 Å². The third-order valence-electron chi connectivity index (χ3n) is 3.97.